The molecule has 4 rings (SSSR count). The summed E-state index contributed by atoms with van der Waals surface area (Å²) in [6, 6.07) is 8.94. The minimum absolute atomic E-state index is 0.168. The average molecular weight is 395 g/mol. The van der Waals surface area contributed by atoms with Crippen molar-refractivity contribution in [2.75, 3.05) is 11.1 Å². The molecule has 28 heavy (non-hydrogen) atoms. The van der Waals surface area contributed by atoms with Crippen LogP contribution in [0.15, 0.2) is 52.7 Å². The number of carbonyl (C=O) groups is 1. The van der Waals surface area contributed by atoms with Crippen LogP contribution >= 0.6 is 11.8 Å². The van der Waals surface area contributed by atoms with E-state index in [1.54, 1.807) is 30.6 Å². The number of benzene rings is 1. The molecule has 0 radical (unpaired) electrons. The number of aromatic amines is 2. The van der Waals surface area contributed by atoms with Crippen LogP contribution in [0.25, 0.3) is 22.4 Å². The van der Waals surface area contributed by atoms with Gasteiger partial charge in [0, 0.05) is 30.2 Å². The number of rotatable bonds is 6. The van der Waals surface area contributed by atoms with Crippen LogP contribution in [0.5, 0.6) is 0 Å². The Hall–Kier alpha value is -3.40. The number of hydrogen-bond donors (Lipinski definition) is 3. The summed E-state index contributed by atoms with van der Waals surface area (Å²) >= 11 is 1.32. The summed E-state index contributed by atoms with van der Waals surface area (Å²) < 4.78 is 1.96. The fourth-order valence-corrected chi connectivity index (χ4v) is 3.63. The summed E-state index contributed by atoms with van der Waals surface area (Å²) in [4.78, 5) is 33.0. The van der Waals surface area contributed by atoms with E-state index < -0.39 is 0 Å². The van der Waals surface area contributed by atoms with Gasteiger partial charge in [0.25, 0.3) is 0 Å². The van der Waals surface area contributed by atoms with Gasteiger partial charge >= 0.3 is 5.69 Å². The number of hydrogen-bond acceptors (Lipinski definition) is 6. The fraction of sp³-hybridized carbons (Fsp3) is 0.167. The Morgan fingerprint density at radius 3 is 2.71 bits per heavy atom. The third kappa shape index (κ3) is 3.67. The topological polar surface area (TPSA) is 121 Å². The van der Waals surface area contributed by atoms with E-state index >= 15 is 0 Å². The van der Waals surface area contributed by atoms with Crippen molar-refractivity contribution in [3.05, 3.63) is 53.2 Å². The molecule has 3 aromatic heterocycles. The second-order valence-electron chi connectivity index (χ2n) is 5.96. The molecule has 9 nitrogen and oxygen atoms in total. The van der Waals surface area contributed by atoms with E-state index in [9.17, 15) is 9.59 Å². The Morgan fingerprint density at radius 1 is 1.14 bits per heavy atom. The number of carbonyl (C=O) groups excluding carboxylic acids is 1. The van der Waals surface area contributed by atoms with Gasteiger partial charge < -0.3 is 19.9 Å². The number of nitrogens with zero attached hydrogens (tertiary/aromatic N) is 4. The van der Waals surface area contributed by atoms with Crippen molar-refractivity contribution in [2.24, 2.45) is 0 Å². The van der Waals surface area contributed by atoms with E-state index in [1.165, 1.54) is 11.8 Å². The Kier molecular flexibility index (Phi) is 4.94. The van der Waals surface area contributed by atoms with Crippen molar-refractivity contribution in [1.82, 2.24) is 29.7 Å². The second kappa shape index (κ2) is 7.69. The summed E-state index contributed by atoms with van der Waals surface area (Å²) in [6.45, 7) is 2.69. The molecule has 4 aromatic rings. The molecule has 0 unspecified atom stereocenters. The number of nitrogens with one attached hydrogen (secondary N) is 3. The number of thioether (sulfide) groups is 1. The largest absolute Gasteiger partial charge is 0.325 e. The summed E-state index contributed by atoms with van der Waals surface area (Å²) in [6.07, 6.45) is 3.41. The SMILES string of the molecule is CCn1c(SCC(=O)Nc2ccc3[nH]c(=O)[nH]c3c2)nnc1-c1ccncc1. The third-order valence-corrected chi connectivity index (χ3v) is 5.07. The van der Waals surface area contributed by atoms with Gasteiger partial charge in [-0.15, -0.1) is 10.2 Å². The van der Waals surface area contributed by atoms with E-state index in [-0.39, 0.29) is 17.3 Å². The molecule has 0 atom stereocenters. The minimum atomic E-state index is -0.280. The van der Waals surface area contributed by atoms with Crippen molar-refractivity contribution in [2.45, 2.75) is 18.6 Å². The quantitative estimate of drug-likeness (QED) is 0.431. The van der Waals surface area contributed by atoms with Crippen molar-refractivity contribution in [3.8, 4) is 11.4 Å². The summed E-state index contributed by atoms with van der Waals surface area (Å²) in [5, 5.41) is 12.0. The zero-order chi connectivity index (χ0) is 19.5. The van der Waals surface area contributed by atoms with Crippen LogP contribution in [0.2, 0.25) is 0 Å². The summed E-state index contributed by atoms with van der Waals surface area (Å²) in [5.41, 5.74) is 2.59. The van der Waals surface area contributed by atoms with Crippen LogP contribution in [0.3, 0.4) is 0 Å². The molecule has 1 aromatic carbocycles. The molecule has 142 valence electrons. The van der Waals surface area contributed by atoms with Crippen molar-refractivity contribution >= 4 is 34.4 Å². The standard InChI is InChI=1S/C18H17N7O2S/c1-2-25-16(11-5-7-19-8-6-11)23-24-18(25)28-10-15(26)20-12-3-4-13-14(9-12)22-17(27)21-13/h3-9H,2,10H2,1H3,(H,20,26)(H2,21,22,27). The Balaban J connectivity index is 1.44. The van der Waals surface area contributed by atoms with Gasteiger partial charge in [0.1, 0.15) is 0 Å². The molecule has 0 saturated carbocycles. The lowest BCUT2D eigenvalue weighted by Crippen LogP contribution is -2.14. The normalized spacial score (nSPS) is 11.0. The van der Waals surface area contributed by atoms with Gasteiger partial charge in [0.05, 0.1) is 16.8 Å². The Bertz CT molecular complexity index is 1180. The van der Waals surface area contributed by atoms with Crippen LogP contribution in [-0.4, -0.2) is 41.4 Å². The van der Waals surface area contributed by atoms with E-state index in [0.717, 1.165) is 11.4 Å². The van der Waals surface area contributed by atoms with E-state index in [1.807, 2.05) is 23.6 Å². The fourth-order valence-electron chi connectivity index (χ4n) is 2.83. The molecule has 0 bridgehead atoms. The number of aromatic nitrogens is 6. The number of imidazole rings is 1. The highest BCUT2D eigenvalue weighted by atomic mass is 32.2. The number of anilines is 1. The molecule has 0 aliphatic rings. The van der Waals surface area contributed by atoms with E-state index in [0.29, 0.717) is 28.4 Å². The zero-order valence-electron chi connectivity index (χ0n) is 15.0. The number of fused-ring (bicyclic) bond motifs is 1. The number of pyridine rings is 1. The van der Waals surface area contributed by atoms with Gasteiger partial charge in [-0.2, -0.15) is 0 Å². The van der Waals surface area contributed by atoms with Crippen LogP contribution < -0.4 is 11.0 Å². The lowest BCUT2D eigenvalue weighted by atomic mass is 10.2. The van der Waals surface area contributed by atoms with Crippen LogP contribution in [0.4, 0.5) is 5.69 Å². The van der Waals surface area contributed by atoms with Gasteiger partial charge in [0.15, 0.2) is 11.0 Å². The second-order valence-corrected chi connectivity index (χ2v) is 6.91. The van der Waals surface area contributed by atoms with E-state index in [2.05, 4.69) is 30.5 Å². The highest BCUT2D eigenvalue weighted by Gasteiger charge is 2.14. The Labute approximate surface area is 163 Å². The van der Waals surface area contributed by atoms with Gasteiger partial charge in [-0.05, 0) is 37.3 Å². The number of amides is 1. The molecular formula is C18H17N7O2S. The van der Waals surface area contributed by atoms with Gasteiger partial charge in [-0.25, -0.2) is 4.79 Å². The summed E-state index contributed by atoms with van der Waals surface area (Å²) in [5.74, 6) is 0.768. The molecule has 0 spiro atoms. The van der Waals surface area contributed by atoms with Crippen molar-refractivity contribution in [1.29, 1.82) is 0 Å². The highest BCUT2D eigenvalue weighted by Crippen LogP contribution is 2.24. The molecule has 0 saturated heterocycles. The molecule has 0 fully saturated rings. The average Bonchev–Trinajstić information content (AvgIpc) is 3.28. The molecule has 0 aliphatic carbocycles. The highest BCUT2D eigenvalue weighted by molar-refractivity contribution is 7.99. The molecule has 3 N–H and O–H groups in total. The first-order chi connectivity index (χ1) is 13.6. The minimum Gasteiger partial charge on any atom is -0.325 e. The monoisotopic (exact) mass is 395 g/mol. The maximum atomic E-state index is 12.3. The lowest BCUT2D eigenvalue weighted by Gasteiger charge is -2.08. The van der Waals surface area contributed by atoms with Crippen LogP contribution in [-0.2, 0) is 11.3 Å². The van der Waals surface area contributed by atoms with Crippen molar-refractivity contribution < 1.29 is 4.79 Å². The lowest BCUT2D eigenvalue weighted by molar-refractivity contribution is -0.113. The maximum Gasteiger partial charge on any atom is 0.323 e. The van der Waals surface area contributed by atoms with Gasteiger partial charge in [-0.3, -0.25) is 9.78 Å². The Morgan fingerprint density at radius 2 is 1.93 bits per heavy atom. The van der Waals surface area contributed by atoms with Crippen molar-refractivity contribution in [3.63, 3.8) is 0 Å². The van der Waals surface area contributed by atoms with Crippen LogP contribution in [0, 0.1) is 0 Å². The molecular weight excluding hydrogens is 378 g/mol. The summed E-state index contributed by atoms with van der Waals surface area (Å²) in [7, 11) is 0. The van der Waals surface area contributed by atoms with E-state index in [4.69, 9.17) is 0 Å². The maximum absolute atomic E-state index is 12.3. The first kappa shape index (κ1) is 18.0. The predicted molar refractivity (Wildman–Crippen MR) is 107 cm³/mol. The molecule has 10 heteroatoms. The predicted octanol–water partition coefficient (Wildman–Crippen LogP) is 2.26. The smallest absolute Gasteiger partial charge is 0.323 e. The first-order valence-corrected chi connectivity index (χ1v) is 9.61. The number of H-pyrrole nitrogens is 2. The zero-order valence-corrected chi connectivity index (χ0v) is 15.8. The van der Waals surface area contributed by atoms with Crippen LogP contribution in [0.1, 0.15) is 6.92 Å². The first-order valence-electron chi connectivity index (χ1n) is 8.62. The third-order valence-electron chi connectivity index (χ3n) is 4.10. The van der Waals surface area contributed by atoms with Gasteiger partial charge in [-0.1, -0.05) is 11.8 Å². The molecule has 1 amide bonds. The van der Waals surface area contributed by atoms with Gasteiger partial charge in [0.2, 0.25) is 5.91 Å². The molecule has 0 aliphatic heterocycles. The molecule has 3 heterocycles.